The van der Waals surface area contributed by atoms with Crippen molar-refractivity contribution in [1.29, 1.82) is 0 Å². The average molecular weight is 113 g/mol. The Morgan fingerprint density at radius 2 is 2.75 bits per heavy atom. The van der Waals surface area contributed by atoms with Gasteiger partial charge in [-0.25, -0.2) is 0 Å². The van der Waals surface area contributed by atoms with E-state index >= 15 is 0 Å². The largest absolute Gasteiger partial charge is 0.448 e. The van der Waals surface area contributed by atoms with Crippen LogP contribution in [0.25, 0.3) is 0 Å². The highest BCUT2D eigenvalue weighted by atomic mass is 16.6. The van der Waals surface area contributed by atoms with Crippen molar-refractivity contribution in [3.63, 3.8) is 0 Å². The van der Waals surface area contributed by atoms with Gasteiger partial charge in [-0.15, -0.1) is 0 Å². The van der Waals surface area contributed by atoms with Gasteiger partial charge in [0.05, 0.1) is 6.26 Å². The van der Waals surface area contributed by atoms with Crippen LogP contribution in [0.15, 0.2) is 17.5 Å². The molecule has 0 radical (unpaired) electrons. The molecule has 3 heteroatoms. The van der Waals surface area contributed by atoms with E-state index in [2.05, 4.69) is 9.99 Å². The fraction of sp³-hybridized carbons (Fsp3) is 0.400. The fourth-order valence-electron chi connectivity index (χ4n) is 0.484. The van der Waals surface area contributed by atoms with Crippen LogP contribution in [0.5, 0.6) is 0 Å². The summed E-state index contributed by atoms with van der Waals surface area (Å²) < 4.78 is 4.84. The molecule has 0 aromatic heterocycles. The number of oxime groups is 1. The lowest BCUT2D eigenvalue weighted by Gasteiger charge is -1.91. The third kappa shape index (κ3) is 0.992. The molecule has 0 saturated heterocycles. The molecule has 0 spiro atoms. The van der Waals surface area contributed by atoms with Gasteiger partial charge in [0.1, 0.15) is 7.11 Å². The van der Waals surface area contributed by atoms with E-state index in [1.807, 2.05) is 6.08 Å². The van der Waals surface area contributed by atoms with Crippen LogP contribution >= 0.6 is 0 Å². The monoisotopic (exact) mass is 113 g/mol. The molecule has 0 unspecified atom stereocenters. The second-order valence-corrected chi connectivity index (χ2v) is 1.36. The molecule has 1 aliphatic heterocycles. The maximum Gasteiger partial charge on any atom is 0.234 e. The first-order valence-electron chi connectivity index (χ1n) is 2.35. The summed E-state index contributed by atoms with van der Waals surface area (Å²) in [5.41, 5.74) is 0. The van der Waals surface area contributed by atoms with Crippen molar-refractivity contribution in [3.8, 4) is 0 Å². The highest BCUT2D eigenvalue weighted by Gasteiger charge is 2.01. The van der Waals surface area contributed by atoms with Crippen molar-refractivity contribution in [2.24, 2.45) is 5.16 Å². The number of nitrogens with zero attached hydrogens (tertiary/aromatic N) is 1. The first-order valence-corrected chi connectivity index (χ1v) is 2.35. The van der Waals surface area contributed by atoms with Crippen LogP contribution in [0.2, 0.25) is 0 Å². The Hall–Kier alpha value is -0.990. The van der Waals surface area contributed by atoms with Crippen LogP contribution in [0.4, 0.5) is 0 Å². The van der Waals surface area contributed by atoms with Crippen LogP contribution in [-0.4, -0.2) is 13.0 Å². The molecule has 0 amide bonds. The van der Waals surface area contributed by atoms with Crippen molar-refractivity contribution >= 4 is 5.90 Å². The van der Waals surface area contributed by atoms with Gasteiger partial charge >= 0.3 is 0 Å². The molecule has 44 valence electrons. The van der Waals surface area contributed by atoms with Gasteiger partial charge < -0.3 is 9.57 Å². The first-order chi connectivity index (χ1) is 3.93. The lowest BCUT2D eigenvalue weighted by atomic mass is 10.5. The fourth-order valence-corrected chi connectivity index (χ4v) is 0.484. The van der Waals surface area contributed by atoms with Crippen molar-refractivity contribution in [2.75, 3.05) is 7.11 Å². The second kappa shape index (κ2) is 2.35. The molecule has 0 aliphatic carbocycles. The van der Waals surface area contributed by atoms with E-state index in [-0.39, 0.29) is 0 Å². The van der Waals surface area contributed by atoms with Crippen LogP contribution in [0.3, 0.4) is 0 Å². The summed E-state index contributed by atoms with van der Waals surface area (Å²) in [6, 6.07) is 0. The standard InChI is InChI=1S/C5H7NO2/c1-7-6-5-3-2-4-8-5/h2,4H,3H2,1H3. The van der Waals surface area contributed by atoms with Crippen LogP contribution < -0.4 is 0 Å². The van der Waals surface area contributed by atoms with Crippen molar-refractivity contribution in [1.82, 2.24) is 0 Å². The van der Waals surface area contributed by atoms with Gasteiger partial charge in [0.25, 0.3) is 0 Å². The van der Waals surface area contributed by atoms with Gasteiger partial charge in [0.2, 0.25) is 5.90 Å². The average Bonchev–Trinajstić information content (AvgIpc) is 2.19. The molecule has 0 fully saturated rings. The van der Waals surface area contributed by atoms with E-state index < -0.39 is 0 Å². The smallest absolute Gasteiger partial charge is 0.234 e. The molecular weight excluding hydrogens is 106 g/mol. The molecule has 8 heavy (non-hydrogen) atoms. The van der Waals surface area contributed by atoms with E-state index in [1.54, 1.807) is 6.26 Å². The van der Waals surface area contributed by atoms with E-state index in [0.717, 1.165) is 6.42 Å². The van der Waals surface area contributed by atoms with Gasteiger partial charge in [-0.1, -0.05) is 5.16 Å². The number of hydrogen-bond acceptors (Lipinski definition) is 3. The zero-order valence-corrected chi connectivity index (χ0v) is 4.63. The predicted molar refractivity (Wildman–Crippen MR) is 29.3 cm³/mol. The highest BCUT2D eigenvalue weighted by molar-refractivity contribution is 5.79. The number of ether oxygens (including phenoxy) is 1. The van der Waals surface area contributed by atoms with Gasteiger partial charge in [-0.2, -0.15) is 0 Å². The SMILES string of the molecule is CON=C1CC=CO1. The molecule has 1 aliphatic rings. The molecule has 0 bridgehead atoms. The molecule has 0 N–H and O–H groups in total. The molecule has 0 aromatic rings. The zero-order chi connectivity index (χ0) is 5.82. The normalized spacial score (nSPS) is 21.4. The molecule has 1 rings (SSSR count). The molecule has 3 nitrogen and oxygen atoms in total. The summed E-state index contributed by atoms with van der Waals surface area (Å²) in [6.45, 7) is 0. The van der Waals surface area contributed by atoms with Crippen molar-refractivity contribution < 1.29 is 9.57 Å². The zero-order valence-electron chi connectivity index (χ0n) is 4.63. The Balaban J connectivity index is 2.39. The van der Waals surface area contributed by atoms with Crippen molar-refractivity contribution in [2.45, 2.75) is 6.42 Å². The van der Waals surface area contributed by atoms with E-state index in [9.17, 15) is 0 Å². The summed E-state index contributed by atoms with van der Waals surface area (Å²) in [7, 11) is 1.49. The van der Waals surface area contributed by atoms with E-state index in [0.29, 0.717) is 5.90 Å². The summed E-state index contributed by atoms with van der Waals surface area (Å²) in [4.78, 5) is 4.45. The lowest BCUT2D eigenvalue weighted by molar-refractivity contribution is 0.202. The Kier molecular flexibility index (Phi) is 1.51. The summed E-state index contributed by atoms with van der Waals surface area (Å²) in [5, 5.41) is 3.56. The van der Waals surface area contributed by atoms with Gasteiger partial charge in [-0.3, -0.25) is 0 Å². The third-order valence-corrected chi connectivity index (χ3v) is 0.786. The minimum Gasteiger partial charge on any atom is -0.448 e. The molecule has 0 aromatic carbocycles. The van der Waals surface area contributed by atoms with E-state index in [1.165, 1.54) is 7.11 Å². The second-order valence-electron chi connectivity index (χ2n) is 1.36. The minimum atomic E-state index is 0.618. The summed E-state index contributed by atoms with van der Waals surface area (Å²) >= 11 is 0. The number of rotatable bonds is 1. The summed E-state index contributed by atoms with van der Waals surface area (Å²) in [6.07, 6.45) is 4.21. The lowest BCUT2D eigenvalue weighted by Crippen LogP contribution is -1.92. The van der Waals surface area contributed by atoms with Gasteiger partial charge in [0.15, 0.2) is 0 Å². The molecule has 0 saturated carbocycles. The third-order valence-electron chi connectivity index (χ3n) is 0.786. The first kappa shape index (κ1) is 5.15. The van der Waals surface area contributed by atoms with Crippen LogP contribution in [0.1, 0.15) is 6.42 Å². The Bertz CT molecular complexity index is 118. The molecule has 1 heterocycles. The van der Waals surface area contributed by atoms with E-state index in [4.69, 9.17) is 4.74 Å². The topological polar surface area (TPSA) is 30.8 Å². The number of hydrogen-bond donors (Lipinski definition) is 0. The van der Waals surface area contributed by atoms with Gasteiger partial charge in [0, 0.05) is 6.42 Å². The Morgan fingerprint density at radius 3 is 3.25 bits per heavy atom. The maximum atomic E-state index is 4.84. The van der Waals surface area contributed by atoms with Crippen LogP contribution in [-0.2, 0) is 9.57 Å². The minimum absolute atomic E-state index is 0.618. The Labute approximate surface area is 47.6 Å². The maximum absolute atomic E-state index is 4.84. The van der Waals surface area contributed by atoms with Crippen molar-refractivity contribution in [3.05, 3.63) is 12.3 Å². The summed E-state index contributed by atoms with van der Waals surface area (Å²) in [5.74, 6) is 0.618. The highest BCUT2D eigenvalue weighted by Crippen LogP contribution is 2.00. The Morgan fingerprint density at radius 1 is 1.88 bits per heavy atom. The molecular formula is C5H7NO2. The quantitative estimate of drug-likeness (QED) is 0.472. The van der Waals surface area contributed by atoms with Gasteiger partial charge in [-0.05, 0) is 6.08 Å². The van der Waals surface area contributed by atoms with Crippen LogP contribution in [0, 0.1) is 0 Å². The predicted octanol–water partition coefficient (Wildman–Crippen LogP) is 0.880. The molecule has 0 atom stereocenters.